The average Bonchev–Trinajstić information content (AvgIpc) is 2.39. The van der Waals surface area contributed by atoms with E-state index in [4.69, 9.17) is 0 Å². The Morgan fingerprint density at radius 3 is 2.35 bits per heavy atom. The van der Waals surface area contributed by atoms with Crippen molar-refractivity contribution in [3.63, 3.8) is 0 Å². The van der Waals surface area contributed by atoms with Crippen LogP contribution in [0.2, 0.25) is 0 Å². The van der Waals surface area contributed by atoms with Crippen LogP contribution in [0.25, 0.3) is 0 Å². The number of carbonyl (C=O) groups is 2. The summed E-state index contributed by atoms with van der Waals surface area (Å²) in [7, 11) is 0. The Labute approximate surface area is 114 Å². The first-order valence-corrected chi connectivity index (χ1v) is 6.73. The van der Waals surface area contributed by atoms with Crippen LogP contribution in [0.4, 0.5) is 13.2 Å². The fraction of sp³-hybridized carbons (Fsp3) is 0.833. The van der Waals surface area contributed by atoms with Crippen molar-refractivity contribution >= 4 is 11.8 Å². The summed E-state index contributed by atoms with van der Waals surface area (Å²) in [5, 5.41) is 8.11. The number of amides is 2. The Balaban J connectivity index is 1.75. The van der Waals surface area contributed by atoms with Gasteiger partial charge in [-0.05, 0) is 25.7 Å². The molecule has 0 aromatic heterocycles. The van der Waals surface area contributed by atoms with Gasteiger partial charge in [-0.1, -0.05) is 0 Å². The van der Waals surface area contributed by atoms with Gasteiger partial charge in [0.05, 0.1) is 12.5 Å². The highest BCUT2D eigenvalue weighted by atomic mass is 19.4. The van der Waals surface area contributed by atoms with Crippen molar-refractivity contribution in [2.75, 3.05) is 13.1 Å². The molecule has 5 nitrogen and oxygen atoms in total. The summed E-state index contributed by atoms with van der Waals surface area (Å²) in [4.78, 5) is 22.8. The third-order valence-corrected chi connectivity index (χ3v) is 3.87. The van der Waals surface area contributed by atoms with Gasteiger partial charge < -0.3 is 10.6 Å². The smallest absolute Gasteiger partial charge is 0.353 e. The molecule has 1 aliphatic heterocycles. The molecular weight excluding hydrogens is 275 g/mol. The zero-order valence-electron chi connectivity index (χ0n) is 10.9. The van der Waals surface area contributed by atoms with E-state index in [2.05, 4.69) is 16.0 Å². The molecule has 0 radical (unpaired) electrons. The van der Waals surface area contributed by atoms with Crippen molar-refractivity contribution in [1.29, 1.82) is 0 Å². The van der Waals surface area contributed by atoms with Crippen molar-refractivity contribution in [3.05, 3.63) is 0 Å². The predicted octanol–water partition coefficient (Wildman–Crippen LogP) is 0.312. The summed E-state index contributed by atoms with van der Waals surface area (Å²) in [5.41, 5.74) is 0. The van der Waals surface area contributed by atoms with Gasteiger partial charge in [0.1, 0.15) is 6.04 Å². The monoisotopic (exact) mass is 293 g/mol. The Morgan fingerprint density at radius 2 is 1.85 bits per heavy atom. The van der Waals surface area contributed by atoms with Gasteiger partial charge in [-0.3, -0.25) is 14.9 Å². The Morgan fingerprint density at radius 1 is 1.20 bits per heavy atom. The molecule has 1 saturated carbocycles. The minimum absolute atomic E-state index is 0.0588. The van der Waals surface area contributed by atoms with E-state index in [1.54, 1.807) is 0 Å². The number of hydrogen-bond donors (Lipinski definition) is 3. The molecule has 3 N–H and O–H groups in total. The fourth-order valence-corrected chi connectivity index (χ4v) is 2.62. The second-order valence-electron chi connectivity index (χ2n) is 5.34. The number of carbonyl (C=O) groups excluding carboxylic acids is 2. The van der Waals surface area contributed by atoms with Crippen LogP contribution in [-0.4, -0.2) is 43.2 Å². The first-order chi connectivity index (χ1) is 9.36. The zero-order chi connectivity index (χ0) is 14.8. The summed E-state index contributed by atoms with van der Waals surface area (Å²) in [6.45, 7) is 0.293. The molecule has 0 aromatic rings. The molecule has 1 aliphatic carbocycles. The van der Waals surface area contributed by atoms with Crippen molar-refractivity contribution in [2.24, 2.45) is 5.92 Å². The van der Waals surface area contributed by atoms with E-state index in [1.165, 1.54) is 0 Å². The van der Waals surface area contributed by atoms with E-state index in [1.807, 2.05) is 0 Å². The van der Waals surface area contributed by atoms with Crippen LogP contribution in [0.1, 0.15) is 25.7 Å². The summed E-state index contributed by atoms with van der Waals surface area (Å²) >= 11 is 0. The van der Waals surface area contributed by atoms with Crippen molar-refractivity contribution in [1.82, 2.24) is 16.0 Å². The minimum atomic E-state index is -4.13. The normalized spacial score (nSPS) is 31.6. The maximum Gasteiger partial charge on any atom is 0.391 e. The quantitative estimate of drug-likeness (QED) is 0.686. The van der Waals surface area contributed by atoms with Gasteiger partial charge in [0.2, 0.25) is 11.8 Å². The standard InChI is InChI=1S/C12H18F3N3O2/c13-12(14,15)7-1-3-8(4-2-7)18-11(20)9-5-17-10(19)6-16-9/h7-9,16H,1-6H2,(H,17,19)(H,18,20). The van der Waals surface area contributed by atoms with Crippen LogP contribution in [-0.2, 0) is 9.59 Å². The van der Waals surface area contributed by atoms with Crippen molar-refractivity contribution in [2.45, 2.75) is 43.9 Å². The molecule has 2 rings (SSSR count). The van der Waals surface area contributed by atoms with Gasteiger partial charge in [-0.2, -0.15) is 13.2 Å². The molecule has 2 aliphatic rings. The molecule has 1 atom stereocenters. The van der Waals surface area contributed by atoms with Crippen LogP contribution < -0.4 is 16.0 Å². The molecule has 2 fully saturated rings. The SMILES string of the molecule is O=C1CNC(C(=O)NC2CCC(C(F)(F)F)CC2)CN1. The molecule has 1 unspecified atom stereocenters. The number of rotatable bonds is 2. The summed E-state index contributed by atoms with van der Waals surface area (Å²) in [6, 6.07) is -0.714. The molecule has 0 aromatic carbocycles. The Hall–Kier alpha value is -1.31. The lowest BCUT2D eigenvalue weighted by Crippen LogP contribution is -2.59. The van der Waals surface area contributed by atoms with Gasteiger partial charge in [-0.25, -0.2) is 0 Å². The molecule has 1 saturated heterocycles. The molecule has 2 amide bonds. The van der Waals surface area contributed by atoms with Crippen LogP contribution in [0.5, 0.6) is 0 Å². The molecule has 0 spiro atoms. The summed E-state index contributed by atoms with van der Waals surface area (Å²) in [5.74, 6) is -1.68. The number of piperazine rings is 1. The lowest BCUT2D eigenvalue weighted by Gasteiger charge is -2.32. The lowest BCUT2D eigenvalue weighted by molar-refractivity contribution is -0.182. The topological polar surface area (TPSA) is 70.2 Å². The zero-order valence-corrected chi connectivity index (χ0v) is 10.9. The molecule has 1 heterocycles. The van der Waals surface area contributed by atoms with Gasteiger partial charge in [0.25, 0.3) is 0 Å². The molecule has 0 bridgehead atoms. The number of alkyl halides is 3. The first-order valence-electron chi connectivity index (χ1n) is 6.73. The van der Waals surface area contributed by atoms with E-state index in [0.717, 1.165) is 0 Å². The van der Waals surface area contributed by atoms with Crippen molar-refractivity contribution < 1.29 is 22.8 Å². The fourth-order valence-electron chi connectivity index (χ4n) is 2.62. The van der Waals surface area contributed by atoms with E-state index in [-0.39, 0.29) is 43.8 Å². The molecule has 114 valence electrons. The van der Waals surface area contributed by atoms with E-state index < -0.39 is 18.1 Å². The largest absolute Gasteiger partial charge is 0.391 e. The Bertz CT molecular complexity index is 369. The maximum atomic E-state index is 12.5. The van der Waals surface area contributed by atoms with Gasteiger partial charge in [0.15, 0.2) is 0 Å². The van der Waals surface area contributed by atoms with Crippen LogP contribution in [0.15, 0.2) is 0 Å². The highest BCUT2D eigenvalue weighted by Crippen LogP contribution is 2.37. The van der Waals surface area contributed by atoms with Crippen LogP contribution >= 0.6 is 0 Å². The predicted molar refractivity (Wildman–Crippen MR) is 64.7 cm³/mol. The third-order valence-electron chi connectivity index (χ3n) is 3.87. The second-order valence-corrected chi connectivity index (χ2v) is 5.34. The van der Waals surface area contributed by atoms with Crippen LogP contribution in [0, 0.1) is 5.92 Å². The highest BCUT2D eigenvalue weighted by Gasteiger charge is 2.41. The average molecular weight is 293 g/mol. The second kappa shape index (κ2) is 5.99. The number of halogens is 3. The van der Waals surface area contributed by atoms with E-state index >= 15 is 0 Å². The third kappa shape index (κ3) is 3.84. The number of hydrogen-bond acceptors (Lipinski definition) is 3. The van der Waals surface area contributed by atoms with Crippen LogP contribution in [0.3, 0.4) is 0 Å². The minimum Gasteiger partial charge on any atom is -0.353 e. The Kier molecular flexibility index (Phi) is 4.52. The number of nitrogens with one attached hydrogen (secondary N) is 3. The summed E-state index contributed by atoms with van der Waals surface area (Å²) < 4.78 is 37.6. The summed E-state index contributed by atoms with van der Waals surface area (Å²) in [6.07, 6.45) is -3.33. The first kappa shape index (κ1) is 15.1. The van der Waals surface area contributed by atoms with Gasteiger partial charge in [0, 0.05) is 12.6 Å². The van der Waals surface area contributed by atoms with E-state index in [0.29, 0.717) is 12.8 Å². The highest BCUT2D eigenvalue weighted by molar-refractivity contribution is 5.86. The molecule has 20 heavy (non-hydrogen) atoms. The molecule has 8 heteroatoms. The van der Waals surface area contributed by atoms with Crippen molar-refractivity contribution in [3.8, 4) is 0 Å². The van der Waals surface area contributed by atoms with Gasteiger partial charge in [-0.15, -0.1) is 0 Å². The van der Waals surface area contributed by atoms with Gasteiger partial charge >= 0.3 is 6.18 Å². The maximum absolute atomic E-state index is 12.5. The lowest BCUT2D eigenvalue weighted by atomic mass is 9.85. The van der Waals surface area contributed by atoms with E-state index in [9.17, 15) is 22.8 Å². The molecular formula is C12H18F3N3O2.